The van der Waals surface area contributed by atoms with Gasteiger partial charge < -0.3 is 0 Å². The molecule has 0 spiro atoms. The van der Waals surface area contributed by atoms with Crippen molar-refractivity contribution in [1.82, 2.24) is 0 Å². The highest BCUT2D eigenvalue weighted by Crippen LogP contribution is 2.10. The van der Waals surface area contributed by atoms with Crippen LogP contribution in [-0.4, -0.2) is 11.5 Å². The molecule has 0 unspecified atom stereocenters. The van der Waals surface area contributed by atoms with Gasteiger partial charge in [0.05, 0.1) is 5.56 Å². The van der Waals surface area contributed by atoms with E-state index in [1.807, 2.05) is 0 Å². The van der Waals surface area contributed by atoms with Crippen LogP contribution in [0.25, 0.3) is 0 Å². The first-order chi connectivity index (χ1) is 5.65. The van der Waals surface area contributed by atoms with Crippen molar-refractivity contribution in [2.45, 2.75) is 0 Å². The Bertz CT molecular complexity index is 336. The van der Waals surface area contributed by atoms with E-state index >= 15 is 0 Å². The van der Waals surface area contributed by atoms with E-state index in [4.69, 9.17) is 11.6 Å². The van der Waals surface area contributed by atoms with Crippen molar-refractivity contribution in [2.75, 3.05) is 0 Å². The molecule has 0 aliphatic heterocycles. The lowest BCUT2D eigenvalue weighted by molar-refractivity contribution is 0.108. The van der Waals surface area contributed by atoms with Crippen LogP contribution in [-0.2, 0) is 0 Å². The average molecular weight is 187 g/mol. The molecule has 0 aliphatic rings. The van der Waals surface area contributed by atoms with Crippen LogP contribution in [0.5, 0.6) is 0 Å². The monoisotopic (exact) mass is 186 g/mol. The number of hydrogen-bond donors (Lipinski definition) is 0. The van der Waals surface area contributed by atoms with Gasteiger partial charge in [-0.05, 0) is 29.8 Å². The third kappa shape index (κ3) is 1.68. The van der Waals surface area contributed by atoms with Gasteiger partial charge in [-0.3, -0.25) is 9.59 Å². The predicted octanol–water partition coefficient (Wildman–Crippen LogP) is 2.02. The highest BCUT2D eigenvalue weighted by Gasteiger charge is 2.06. The molecule has 1 aromatic rings. The molecule has 0 radical (unpaired) electrons. The molecule has 0 fully saturated rings. The van der Waals surface area contributed by atoms with Crippen molar-refractivity contribution < 1.29 is 14.0 Å². The van der Waals surface area contributed by atoms with Gasteiger partial charge in [0, 0.05) is 5.56 Å². The summed E-state index contributed by atoms with van der Waals surface area (Å²) in [5, 5.41) is -0.710. The molecule has 0 N–H and O–H groups in total. The number of carbonyl (C=O) groups is 2. The fraction of sp³-hybridized carbons (Fsp3) is 0. The third-order valence-electron chi connectivity index (χ3n) is 1.35. The molecule has 1 aromatic carbocycles. The number of aldehydes is 1. The minimum atomic E-state index is -0.710. The zero-order chi connectivity index (χ0) is 9.14. The summed E-state index contributed by atoms with van der Waals surface area (Å²) < 4.78 is 12.6. The van der Waals surface area contributed by atoms with Gasteiger partial charge in [0.15, 0.2) is 6.29 Å². The molecular formula is C8H4ClFO2. The number of halogens is 2. The molecule has 0 aromatic heterocycles. The van der Waals surface area contributed by atoms with E-state index in [-0.39, 0.29) is 11.1 Å². The first-order valence-electron chi connectivity index (χ1n) is 3.09. The molecular weight excluding hydrogens is 183 g/mol. The minimum absolute atomic E-state index is 0.111. The van der Waals surface area contributed by atoms with E-state index in [1.165, 1.54) is 6.07 Å². The van der Waals surface area contributed by atoms with Crippen molar-refractivity contribution in [3.05, 3.63) is 35.1 Å². The van der Waals surface area contributed by atoms with Crippen LogP contribution in [0.4, 0.5) is 4.39 Å². The van der Waals surface area contributed by atoms with E-state index in [0.717, 1.165) is 12.1 Å². The van der Waals surface area contributed by atoms with Gasteiger partial charge in [-0.1, -0.05) is 0 Å². The van der Waals surface area contributed by atoms with Gasteiger partial charge in [0.2, 0.25) is 0 Å². The molecule has 0 saturated carbocycles. The maximum absolute atomic E-state index is 12.6. The van der Waals surface area contributed by atoms with Crippen LogP contribution in [0.3, 0.4) is 0 Å². The van der Waals surface area contributed by atoms with E-state index in [2.05, 4.69) is 0 Å². The summed E-state index contributed by atoms with van der Waals surface area (Å²) in [6, 6.07) is 3.36. The van der Waals surface area contributed by atoms with Gasteiger partial charge in [0.25, 0.3) is 5.24 Å². The van der Waals surface area contributed by atoms with Crippen molar-refractivity contribution in [2.24, 2.45) is 0 Å². The summed E-state index contributed by atoms with van der Waals surface area (Å²) in [6.07, 6.45) is 0.332. The Morgan fingerprint density at radius 3 is 2.67 bits per heavy atom. The van der Waals surface area contributed by atoms with E-state index < -0.39 is 11.1 Å². The fourth-order valence-corrected chi connectivity index (χ4v) is 0.874. The lowest BCUT2D eigenvalue weighted by Crippen LogP contribution is -1.93. The van der Waals surface area contributed by atoms with Crippen molar-refractivity contribution in [1.29, 1.82) is 0 Å². The molecule has 4 heteroatoms. The molecule has 0 heterocycles. The van der Waals surface area contributed by atoms with Crippen molar-refractivity contribution >= 4 is 23.1 Å². The van der Waals surface area contributed by atoms with E-state index in [9.17, 15) is 14.0 Å². The summed E-state index contributed by atoms with van der Waals surface area (Å²) in [6.45, 7) is 0. The Morgan fingerprint density at radius 2 is 2.17 bits per heavy atom. The van der Waals surface area contributed by atoms with Gasteiger partial charge in [-0.2, -0.15) is 0 Å². The van der Waals surface area contributed by atoms with Gasteiger partial charge in [-0.15, -0.1) is 0 Å². The molecule has 0 aliphatic carbocycles. The molecule has 0 atom stereocenters. The highest BCUT2D eigenvalue weighted by atomic mass is 35.5. The molecule has 1 rings (SSSR count). The zero-order valence-corrected chi connectivity index (χ0v) is 6.64. The molecule has 0 amide bonds. The van der Waals surface area contributed by atoms with Gasteiger partial charge >= 0.3 is 0 Å². The first kappa shape index (κ1) is 8.87. The smallest absolute Gasteiger partial charge is 0.252 e. The second-order valence-corrected chi connectivity index (χ2v) is 2.47. The van der Waals surface area contributed by atoms with Gasteiger partial charge in [-0.25, -0.2) is 4.39 Å². The second-order valence-electron chi connectivity index (χ2n) is 2.13. The summed E-state index contributed by atoms with van der Waals surface area (Å²) >= 11 is 5.11. The Balaban J connectivity index is 3.22. The number of benzene rings is 1. The SMILES string of the molecule is O=Cc1cc(C(=O)Cl)ccc1F. The van der Waals surface area contributed by atoms with Gasteiger partial charge in [0.1, 0.15) is 5.82 Å². The molecule has 12 heavy (non-hydrogen) atoms. The fourth-order valence-electron chi connectivity index (χ4n) is 0.756. The normalized spacial score (nSPS) is 9.50. The van der Waals surface area contributed by atoms with Crippen LogP contribution in [0.1, 0.15) is 20.7 Å². The third-order valence-corrected chi connectivity index (χ3v) is 1.57. The Hall–Kier alpha value is -1.22. The number of rotatable bonds is 2. The molecule has 0 saturated heterocycles. The largest absolute Gasteiger partial charge is 0.298 e. The second kappa shape index (κ2) is 3.45. The lowest BCUT2D eigenvalue weighted by Gasteiger charge is -1.95. The van der Waals surface area contributed by atoms with E-state index in [0.29, 0.717) is 6.29 Å². The molecule has 0 bridgehead atoms. The Labute approximate surface area is 73.0 Å². The minimum Gasteiger partial charge on any atom is -0.298 e. The maximum Gasteiger partial charge on any atom is 0.252 e. The summed E-state index contributed by atoms with van der Waals surface area (Å²) in [7, 11) is 0. The Morgan fingerprint density at radius 1 is 1.50 bits per heavy atom. The summed E-state index contributed by atoms with van der Waals surface area (Å²) in [5.41, 5.74) is -0.0540. The molecule has 62 valence electrons. The van der Waals surface area contributed by atoms with Crippen LogP contribution < -0.4 is 0 Å². The highest BCUT2D eigenvalue weighted by molar-refractivity contribution is 6.67. The number of carbonyl (C=O) groups excluding carboxylic acids is 2. The van der Waals surface area contributed by atoms with Crippen LogP contribution in [0, 0.1) is 5.82 Å². The summed E-state index contributed by atoms with van der Waals surface area (Å²) in [4.78, 5) is 20.8. The summed E-state index contributed by atoms with van der Waals surface area (Å²) in [5.74, 6) is -0.660. The predicted molar refractivity (Wildman–Crippen MR) is 42.0 cm³/mol. The van der Waals surface area contributed by atoms with Crippen molar-refractivity contribution in [3.63, 3.8) is 0 Å². The quantitative estimate of drug-likeness (QED) is 0.523. The molecule has 2 nitrogen and oxygen atoms in total. The van der Waals surface area contributed by atoms with E-state index in [1.54, 1.807) is 0 Å². The van der Waals surface area contributed by atoms with Crippen LogP contribution in [0.2, 0.25) is 0 Å². The Kier molecular flexibility index (Phi) is 2.55. The number of hydrogen-bond acceptors (Lipinski definition) is 2. The maximum atomic E-state index is 12.6. The van der Waals surface area contributed by atoms with Crippen molar-refractivity contribution in [3.8, 4) is 0 Å². The standard InChI is InChI=1S/C8H4ClFO2/c9-8(12)5-1-2-7(10)6(3-5)4-11/h1-4H. The lowest BCUT2D eigenvalue weighted by atomic mass is 10.1. The average Bonchev–Trinajstić information content (AvgIpc) is 2.05. The topological polar surface area (TPSA) is 34.1 Å². The first-order valence-corrected chi connectivity index (χ1v) is 3.47. The van der Waals surface area contributed by atoms with Crippen LogP contribution >= 0.6 is 11.6 Å². The zero-order valence-electron chi connectivity index (χ0n) is 5.88. The van der Waals surface area contributed by atoms with Crippen LogP contribution in [0.15, 0.2) is 18.2 Å².